The molecular formula is C15H23BrN2. The standard InChI is InChI=1S/C15H23BrN2/c1-11(2)10-18(14-6-7-14)15(9-17)12-4-3-5-13(16)8-12/h3-5,8,11,14-15H,6-7,9-10,17H2,1-2H3. The number of rotatable bonds is 6. The summed E-state index contributed by atoms with van der Waals surface area (Å²) < 4.78 is 1.14. The first-order valence-corrected chi connectivity index (χ1v) is 7.62. The molecule has 0 aliphatic heterocycles. The van der Waals surface area contributed by atoms with E-state index in [9.17, 15) is 0 Å². The molecule has 0 radical (unpaired) electrons. The fourth-order valence-corrected chi connectivity index (χ4v) is 2.95. The highest BCUT2D eigenvalue weighted by Gasteiger charge is 2.34. The van der Waals surface area contributed by atoms with E-state index in [2.05, 4.69) is 58.9 Å². The molecule has 0 heterocycles. The molecule has 3 heteroatoms. The molecule has 1 fully saturated rings. The third-order valence-electron chi connectivity index (χ3n) is 3.45. The van der Waals surface area contributed by atoms with E-state index in [4.69, 9.17) is 5.73 Å². The maximum Gasteiger partial charge on any atom is 0.0473 e. The Labute approximate surface area is 119 Å². The summed E-state index contributed by atoms with van der Waals surface area (Å²) in [6.07, 6.45) is 2.66. The van der Waals surface area contributed by atoms with Crippen LogP contribution in [0.2, 0.25) is 0 Å². The Bertz CT molecular complexity index is 388. The summed E-state index contributed by atoms with van der Waals surface area (Å²) in [5, 5.41) is 0. The first-order valence-electron chi connectivity index (χ1n) is 6.83. The van der Waals surface area contributed by atoms with Crippen LogP contribution in [0.5, 0.6) is 0 Å². The van der Waals surface area contributed by atoms with E-state index in [0.29, 0.717) is 18.5 Å². The van der Waals surface area contributed by atoms with Crippen molar-refractivity contribution in [3.05, 3.63) is 34.3 Å². The number of hydrogen-bond acceptors (Lipinski definition) is 2. The van der Waals surface area contributed by atoms with Crippen LogP contribution in [-0.2, 0) is 0 Å². The predicted octanol–water partition coefficient (Wildman–Crippen LogP) is 3.57. The summed E-state index contributed by atoms with van der Waals surface area (Å²) in [5.74, 6) is 0.687. The third kappa shape index (κ3) is 3.56. The number of nitrogens with two attached hydrogens (primary N) is 1. The second-order valence-electron chi connectivity index (χ2n) is 5.63. The Hall–Kier alpha value is -0.380. The third-order valence-corrected chi connectivity index (χ3v) is 3.94. The van der Waals surface area contributed by atoms with Crippen molar-refractivity contribution in [2.75, 3.05) is 13.1 Å². The fourth-order valence-electron chi connectivity index (χ4n) is 2.54. The van der Waals surface area contributed by atoms with Crippen molar-refractivity contribution < 1.29 is 0 Å². The van der Waals surface area contributed by atoms with Gasteiger partial charge in [-0.15, -0.1) is 0 Å². The molecular weight excluding hydrogens is 288 g/mol. The van der Waals surface area contributed by atoms with E-state index in [1.54, 1.807) is 0 Å². The molecule has 100 valence electrons. The molecule has 0 bridgehead atoms. The minimum absolute atomic E-state index is 0.359. The molecule has 0 amide bonds. The maximum absolute atomic E-state index is 6.04. The topological polar surface area (TPSA) is 29.3 Å². The molecule has 1 unspecified atom stereocenters. The first-order chi connectivity index (χ1) is 8.61. The molecule has 2 N–H and O–H groups in total. The number of hydrogen-bond donors (Lipinski definition) is 1. The van der Waals surface area contributed by atoms with Crippen molar-refractivity contribution in [2.24, 2.45) is 11.7 Å². The van der Waals surface area contributed by atoms with E-state index >= 15 is 0 Å². The smallest absolute Gasteiger partial charge is 0.0473 e. The predicted molar refractivity (Wildman–Crippen MR) is 80.5 cm³/mol. The van der Waals surface area contributed by atoms with Gasteiger partial charge in [0.25, 0.3) is 0 Å². The van der Waals surface area contributed by atoms with E-state index in [1.165, 1.54) is 18.4 Å². The average molecular weight is 311 g/mol. The molecule has 0 saturated heterocycles. The van der Waals surface area contributed by atoms with Gasteiger partial charge in [0.1, 0.15) is 0 Å². The van der Waals surface area contributed by atoms with Crippen LogP contribution in [0.25, 0.3) is 0 Å². The Balaban J connectivity index is 2.19. The van der Waals surface area contributed by atoms with Crippen molar-refractivity contribution in [3.8, 4) is 0 Å². The monoisotopic (exact) mass is 310 g/mol. The quantitative estimate of drug-likeness (QED) is 0.870. The molecule has 1 saturated carbocycles. The zero-order valence-electron chi connectivity index (χ0n) is 11.3. The molecule has 1 aliphatic carbocycles. The number of halogens is 1. The average Bonchev–Trinajstić information content (AvgIpc) is 3.12. The van der Waals surface area contributed by atoms with E-state index < -0.39 is 0 Å². The highest BCUT2D eigenvalue weighted by Crippen LogP contribution is 2.35. The van der Waals surface area contributed by atoms with Gasteiger partial charge in [0.05, 0.1) is 0 Å². The fraction of sp³-hybridized carbons (Fsp3) is 0.600. The molecule has 1 aromatic rings. The molecule has 2 nitrogen and oxygen atoms in total. The summed E-state index contributed by atoms with van der Waals surface area (Å²) >= 11 is 3.55. The molecule has 1 aromatic carbocycles. The molecule has 0 spiro atoms. The minimum atomic E-state index is 0.359. The number of nitrogens with zero attached hydrogens (tertiary/aromatic N) is 1. The lowest BCUT2D eigenvalue weighted by molar-refractivity contribution is 0.169. The molecule has 1 aliphatic rings. The van der Waals surface area contributed by atoms with Gasteiger partial charge in [0.15, 0.2) is 0 Å². The first kappa shape index (κ1) is 14.0. The lowest BCUT2D eigenvalue weighted by atomic mass is 10.0. The van der Waals surface area contributed by atoms with E-state index in [-0.39, 0.29) is 0 Å². The lowest BCUT2D eigenvalue weighted by Gasteiger charge is -2.33. The van der Waals surface area contributed by atoms with E-state index in [0.717, 1.165) is 17.1 Å². The van der Waals surface area contributed by atoms with Gasteiger partial charge in [-0.1, -0.05) is 41.9 Å². The van der Waals surface area contributed by atoms with Crippen molar-refractivity contribution >= 4 is 15.9 Å². The number of benzene rings is 1. The van der Waals surface area contributed by atoms with Crippen LogP contribution in [-0.4, -0.2) is 24.0 Å². The highest BCUT2D eigenvalue weighted by atomic mass is 79.9. The molecule has 0 aromatic heterocycles. The van der Waals surface area contributed by atoms with Crippen LogP contribution in [0.15, 0.2) is 28.7 Å². The van der Waals surface area contributed by atoms with Gasteiger partial charge >= 0.3 is 0 Å². The van der Waals surface area contributed by atoms with Crippen molar-refractivity contribution in [1.82, 2.24) is 4.90 Å². The zero-order chi connectivity index (χ0) is 13.1. The Morgan fingerprint density at radius 2 is 2.11 bits per heavy atom. The maximum atomic E-state index is 6.04. The van der Waals surface area contributed by atoms with Crippen LogP contribution < -0.4 is 5.73 Å². The SMILES string of the molecule is CC(C)CN(C1CC1)C(CN)c1cccc(Br)c1. The summed E-state index contributed by atoms with van der Waals surface area (Å²) in [5.41, 5.74) is 7.37. The van der Waals surface area contributed by atoms with Crippen LogP contribution >= 0.6 is 15.9 Å². The zero-order valence-corrected chi connectivity index (χ0v) is 12.9. The molecule has 1 atom stereocenters. The van der Waals surface area contributed by atoms with Crippen molar-refractivity contribution in [1.29, 1.82) is 0 Å². The summed E-state index contributed by atoms with van der Waals surface area (Å²) in [4.78, 5) is 2.60. The van der Waals surface area contributed by atoms with Gasteiger partial charge < -0.3 is 5.73 Å². The van der Waals surface area contributed by atoms with Crippen molar-refractivity contribution in [3.63, 3.8) is 0 Å². The Morgan fingerprint density at radius 1 is 1.39 bits per heavy atom. The van der Waals surface area contributed by atoms with Gasteiger partial charge in [-0.3, -0.25) is 4.90 Å². The van der Waals surface area contributed by atoms with Crippen LogP contribution in [0.4, 0.5) is 0 Å². The minimum Gasteiger partial charge on any atom is -0.329 e. The highest BCUT2D eigenvalue weighted by molar-refractivity contribution is 9.10. The molecule has 2 rings (SSSR count). The Kier molecular flexibility index (Phi) is 4.82. The second-order valence-corrected chi connectivity index (χ2v) is 6.54. The van der Waals surface area contributed by atoms with Gasteiger partial charge in [-0.2, -0.15) is 0 Å². The molecule has 18 heavy (non-hydrogen) atoms. The van der Waals surface area contributed by atoms with Gasteiger partial charge in [-0.05, 0) is 36.5 Å². The van der Waals surface area contributed by atoms with Gasteiger partial charge in [-0.25, -0.2) is 0 Å². The lowest BCUT2D eigenvalue weighted by Crippen LogP contribution is -2.38. The van der Waals surface area contributed by atoms with E-state index in [1.807, 2.05) is 0 Å². The summed E-state index contributed by atoms with van der Waals surface area (Å²) in [7, 11) is 0. The van der Waals surface area contributed by atoms with Crippen LogP contribution in [0, 0.1) is 5.92 Å². The van der Waals surface area contributed by atoms with Gasteiger partial charge in [0.2, 0.25) is 0 Å². The summed E-state index contributed by atoms with van der Waals surface area (Å²) in [6, 6.07) is 9.67. The van der Waals surface area contributed by atoms with Crippen LogP contribution in [0.1, 0.15) is 38.3 Å². The normalized spacial score (nSPS) is 17.4. The van der Waals surface area contributed by atoms with Crippen molar-refractivity contribution in [2.45, 2.75) is 38.8 Å². The largest absolute Gasteiger partial charge is 0.329 e. The second kappa shape index (κ2) is 6.18. The van der Waals surface area contributed by atoms with Crippen LogP contribution in [0.3, 0.4) is 0 Å². The summed E-state index contributed by atoms with van der Waals surface area (Å²) in [6.45, 7) is 6.40. The Morgan fingerprint density at radius 3 is 2.61 bits per heavy atom. The van der Waals surface area contributed by atoms with Gasteiger partial charge in [0, 0.05) is 29.6 Å².